The van der Waals surface area contributed by atoms with Gasteiger partial charge < -0.3 is 14.0 Å². The van der Waals surface area contributed by atoms with Gasteiger partial charge in [-0.3, -0.25) is 10.1 Å². The molecule has 33 heavy (non-hydrogen) atoms. The first-order valence-corrected chi connectivity index (χ1v) is 11.2. The third-order valence-corrected chi connectivity index (χ3v) is 5.81. The first-order valence-electron chi connectivity index (χ1n) is 10.4. The molecule has 7 nitrogen and oxygen atoms in total. The van der Waals surface area contributed by atoms with Crippen molar-refractivity contribution in [1.82, 2.24) is 14.5 Å². The zero-order valence-corrected chi connectivity index (χ0v) is 19.4. The van der Waals surface area contributed by atoms with E-state index in [0.717, 1.165) is 27.5 Å². The van der Waals surface area contributed by atoms with Crippen molar-refractivity contribution in [3.05, 3.63) is 72.6 Å². The summed E-state index contributed by atoms with van der Waals surface area (Å²) in [7, 11) is 3.52. The lowest BCUT2D eigenvalue weighted by Crippen LogP contribution is -2.07. The van der Waals surface area contributed by atoms with E-state index in [-0.39, 0.29) is 5.91 Å². The molecule has 1 amide bonds. The fourth-order valence-electron chi connectivity index (χ4n) is 3.28. The molecule has 4 aromatic rings. The number of thiazole rings is 1. The SMILES string of the molecule is CCOc1ccc(/C=C/C(=O)Nc2nc(-c3ccccc3)c(-c3nccn3C)s2)cc1OC. The molecule has 0 saturated heterocycles. The average molecular weight is 461 g/mol. The maximum absolute atomic E-state index is 12.6. The number of aryl methyl sites for hydroxylation is 1. The predicted molar refractivity (Wildman–Crippen MR) is 132 cm³/mol. The molecule has 0 fully saturated rings. The molecule has 2 aromatic heterocycles. The van der Waals surface area contributed by atoms with E-state index in [1.807, 2.05) is 73.3 Å². The highest BCUT2D eigenvalue weighted by Crippen LogP contribution is 2.38. The van der Waals surface area contributed by atoms with E-state index in [1.165, 1.54) is 17.4 Å². The van der Waals surface area contributed by atoms with Gasteiger partial charge in [0.2, 0.25) is 5.91 Å². The van der Waals surface area contributed by atoms with Crippen molar-refractivity contribution in [2.24, 2.45) is 7.05 Å². The van der Waals surface area contributed by atoms with Crippen LogP contribution in [0, 0.1) is 0 Å². The van der Waals surface area contributed by atoms with Crippen LogP contribution in [-0.4, -0.2) is 34.2 Å². The molecule has 168 valence electrons. The van der Waals surface area contributed by atoms with Gasteiger partial charge in [0.25, 0.3) is 0 Å². The third kappa shape index (κ3) is 5.12. The monoisotopic (exact) mass is 460 g/mol. The van der Waals surface area contributed by atoms with Crippen LogP contribution in [0.3, 0.4) is 0 Å². The Morgan fingerprint density at radius 2 is 2.00 bits per heavy atom. The number of amides is 1. The summed E-state index contributed by atoms with van der Waals surface area (Å²) in [6, 6.07) is 15.4. The number of carbonyl (C=O) groups is 1. The summed E-state index contributed by atoms with van der Waals surface area (Å²) in [5.74, 6) is 1.80. The van der Waals surface area contributed by atoms with Crippen molar-refractivity contribution < 1.29 is 14.3 Å². The standard InChI is InChI=1S/C25H24N4O3S/c1-4-32-19-12-10-17(16-20(19)31-3)11-13-21(30)27-25-28-22(18-8-6-5-7-9-18)23(33-25)24-26-14-15-29(24)2/h5-16H,4H2,1-3H3,(H,27,28,30)/b13-11+. The van der Waals surface area contributed by atoms with Crippen molar-refractivity contribution in [2.45, 2.75) is 6.92 Å². The molecule has 2 aromatic carbocycles. The minimum atomic E-state index is -0.275. The van der Waals surface area contributed by atoms with Gasteiger partial charge in [-0.15, -0.1) is 0 Å². The number of rotatable bonds is 8. The van der Waals surface area contributed by atoms with E-state index >= 15 is 0 Å². The molecule has 1 N–H and O–H groups in total. The van der Waals surface area contributed by atoms with E-state index in [4.69, 9.17) is 14.5 Å². The van der Waals surface area contributed by atoms with Crippen LogP contribution in [0.5, 0.6) is 11.5 Å². The Morgan fingerprint density at radius 3 is 2.70 bits per heavy atom. The molecule has 4 rings (SSSR count). The number of ether oxygens (including phenoxy) is 2. The van der Waals surface area contributed by atoms with Crippen LogP contribution in [0.2, 0.25) is 0 Å². The van der Waals surface area contributed by atoms with Crippen molar-refractivity contribution in [3.63, 3.8) is 0 Å². The quantitative estimate of drug-likeness (QED) is 0.363. The van der Waals surface area contributed by atoms with E-state index in [2.05, 4.69) is 10.3 Å². The smallest absolute Gasteiger partial charge is 0.250 e. The van der Waals surface area contributed by atoms with Crippen molar-refractivity contribution in [2.75, 3.05) is 19.0 Å². The third-order valence-electron chi connectivity index (χ3n) is 4.84. The summed E-state index contributed by atoms with van der Waals surface area (Å²) < 4.78 is 12.8. The summed E-state index contributed by atoms with van der Waals surface area (Å²) in [6.45, 7) is 2.46. The van der Waals surface area contributed by atoms with Gasteiger partial charge in [0.1, 0.15) is 0 Å². The highest BCUT2D eigenvalue weighted by atomic mass is 32.1. The van der Waals surface area contributed by atoms with Crippen LogP contribution in [0.15, 0.2) is 67.0 Å². The molecular weight excluding hydrogens is 436 g/mol. The van der Waals surface area contributed by atoms with Gasteiger partial charge in [-0.2, -0.15) is 0 Å². The molecule has 0 aliphatic carbocycles. The van der Waals surface area contributed by atoms with Crippen LogP contribution in [-0.2, 0) is 11.8 Å². The minimum Gasteiger partial charge on any atom is -0.493 e. The van der Waals surface area contributed by atoms with Crippen molar-refractivity contribution in [1.29, 1.82) is 0 Å². The molecule has 2 heterocycles. The largest absolute Gasteiger partial charge is 0.493 e. The summed E-state index contributed by atoms with van der Waals surface area (Å²) in [4.78, 5) is 22.7. The molecule has 0 unspecified atom stereocenters. The number of benzene rings is 2. The molecule has 0 spiro atoms. The van der Waals surface area contributed by atoms with Crippen LogP contribution >= 0.6 is 11.3 Å². The average Bonchev–Trinajstić information content (AvgIpc) is 3.44. The summed E-state index contributed by atoms with van der Waals surface area (Å²) in [5.41, 5.74) is 2.57. The van der Waals surface area contributed by atoms with Crippen molar-refractivity contribution in [3.8, 4) is 33.5 Å². The number of nitrogens with one attached hydrogen (secondary N) is 1. The molecule has 0 aliphatic rings. The number of imidazole rings is 1. The molecule has 0 bridgehead atoms. The maximum atomic E-state index is 12.6. The normalized spacial score (nSPS) is 11.0. The first-order chi connectivity index (χ1) is 16.1. The minimum absolute atomic E-state index is 0.275. The number of methoxy groups -OCH3 is 1. The van der Waals surface area contributed by atoms with E-state index in [1.54, 1.807) is 19.4 Å². The van der Waals surface area contributed by atoms with Gasteiger partial charge in [0, 0.05) is 31.1 Å². The second-order valence-corrected chi connectivity index (χ2v) is 8.09. The highest BCUT2D eigenvalue weighted by Gasteiger charge is 2.18. The Morgan fingerprint density at radius 1 is 1.18 bits per heavy atom. The molecule has 0 saturated carbocycles. The molecule has 0 aliphatic heterocycles. The number of hydrogen-bond acceptors (Lipinski definition) is 6. The van der Waals surface area contributed by atoms with Crippen LogP contribution in [0.1, 0.15) is 12.5 Å². The van der Waals surface area contributed by atoms with Crippen LogP contribution in [0.4, 0.5) is 5.13 Å². The summed E-state index contributed by atoms with van der Waals surface area (Å²) in [5, 5.41) is 3.38. The van der Waals surface area contributed by atoms with Crippen LogP contribution in [0.25, 0.3) is 28.0 Å². The highest BCUT2D eigenvalue weighted by molar-refractivity contribution is 7.19. The fourth-order valence-corrected chi connectivity index (χ4v) is 4.31. The Hall–Kier alpha value is -3.91. The zero-order chi connectivity index (χ0) is 23.2. The van der Waals surface area contributed by atoms with Gasteiger partial charge in [0.15, 0.2) is 22.5 Å². The van der Waals surface area contributed by atoms with E-state index in [0.29, 0.717) is 23.2 Å². The van der Waals surface area contributed by atoms with Gasteiger partial charge in [0.05, 0.1) is 24.3 Å². The lowest BCUT2D eigenvalue weighted by Gasteiger charge is -2.09. The van der Waals surface area contributed by atoms with Gasteiger partial charge in [-0.05, 0) is 30.7 Å². The molecule has 0 atom stereocenters. The predicted octanol–water partition coefficient (Wildman–Crippen LogP) is 5.27. The van der Waals surface area contributed by atoms with Gasteiger partial charge in [-0.25, -0.2) is 9.97 Å². The van der Waals surface area contributed by atoms with Gasteiger partial charge in [-0.1, -0.05) is 47.7 Å². The lowest BCUT2D eigenvalue weighted by atomic mass is 10.1. The number of hydrogen-bond donors (Lipinski definition) is 1. The fraction of sp³-hybridized carbons (Fsp3) is 0.160. The number of nitrogens with zero attached hydrogens (tertiary/aromatic N) is 3. The Balaban J connectivity index is 1.56. The topological polar surface area (TPSA) is 78.3 Å². The molecule has 8 heteroatoms. The lowest BCUT2D eigenvalue weighted by molar-refractivity contribution is -0.111. The number of aromatic nitrogens is 3. The Bertz CT molecular complexity index is 1280. The number of anilines is 1. The zero-order valence-electron chi connectivity index (χ0n) is 18.6. The molecular formula is C25H24N4O3S. The molecule has 0 radical (unpaired) electrons. The second-order valence-electron chi connectivity index (χ2n) is 7.09. The summed E-state index contributed by atoms with van der Waals surface area (Å²) in [6.07, 6.45) is 6.82. The second kappa shape index (κ2) is 10.1. The van der Waals surface area contributed by atoms with Crippen molar-refractivity contribution >= 4 is 28.5 Å². The van der Waals surface area contributed by atoms with E-state index < -0.39 is 0 Å². The maximum Gasteiger partial charge on any atom is 0.250 e. The van der Waals surface area contributed by atoms with Gasteiger partial charge >= 0.3 is 0 Å². The Kier molecular flexibility index (Phi) is 6.85. The number of carbonyl (C=O) groups excluding carboxylic acids is 1. The summed E-state index contributed by atoms with van der Waals surface area (Å²) >= 11 is 1.39. The Labute approximate surface area is 196 Å². The van der Waals surface area contributed by atoms with E-state index in [9.17, 15) is 4.79 Å². The first kappa shape index (κ1) is 22.3. The van der Waals surface area contributed by atoms with Crippen LogP contribution < -0.4 is 14.8 Å².